The number of methoxy groups -OCH3 is 1. The van der Waals surface area contributed by atoms with Crippen molar-refractivity contribution >= 4 is 30.2 Å². The molecule has 1 saturated heterocycles. The number of benzene rings is 4. The zero-order chi connectivity index (χ0) is 28.4. The summed E-state index contributed by atoms with van der Waals surface area (Å²) in [6, 6.07) is 37.3. The quantitative estimate of drug-likeness (QED) is 0.189. The van der Waals surface area contributed by atoms with Gasteiger partial charge in [-0.25, -0.2) is 0 Å². The molecule has 1 heterocycles. The number of hydrogen-bond donors (Lipinski definition) is 0. The SMILES string of the molecule is CO[C@H](c1ccccc1)[C@H](CN1[C@H](c2cccc3ccccc23)O[C@@H]2C[C@H](C)CC[C@H]2C1(C)C)[Se]c1ccccc1. The van der Waals surface area contributed by atoms with E-state index in [1.165, 1.54) is 39.2 Å². The first kappa shape index (κ1) is 28.6. The summed E-state index contributed by atoms with van der Waals surface area (Å²) in [6.45, 7) is 8.27. The molecule has 1 aliphatic carbocycles. The van der Waals surface area contributed by atoms with Gasteiger partial charge in [0.2, 0.25) is 0 Å². The van der Waals surface area contributed by atoms with Crippen LogP contribution < -0.4 is 4.46 Å². The molecule has 0 amide bonds. The second-order valence-electron chi connectivity index (χ2n) is 12.5. The van der Waals surface area contributed by atoms with E-state index in [0.717, 1.165) is 13.0 Å². The van der Waals surface area contributed by atoms with Crippen LogP contribution in [-0.2, 0) is 9.47 Å². The van der Waals surface area contributed by atoms with Crippen LogP contribution in [0.3, 0.4) is 0 Å². The monoisotopic (exact) mass is 613 g/mol. The van der Waals surface area contributed by atoms with Gasteiger partial charge in [-0.1, -0.05) is 0 Å². The molecular formula is C37H43NO2Se. The third kappa shape index (κ3) is 5.91. The van der Waals surface area contributed by atoms with E-state index >= 15 is 0 Å². The molecule has 0 bridgehead atoms. The Bertz CT molecular complexity index is 1420. The van der Waals surface area contributed by atoms with Crippen LogP contribution in [0.1, 0.15) is 63.5 Å². The summed E-state index contributed by atoms with van der Waals surface area (Å²) in [5.74, 6) is 1.21. The van der Waals surface area contributed by atoms with Crippen LogP contribution in [0, 0.1) is 11.8 Å². The van der Waals surface area contributed by atoms with Crippen molar-refractivity contribution in [2.24, 2.45) is 11.8 Å². The summed E-state index contributed by atoms with van der Waals surface area (Å²) in [6.07, 6.45) is 3.82. The minimum atomic E-state index is -0.106. The zero-order valence-electron chi connectivity index (χ0n) is 24.8. The molecule has 0 unspecified atom stereocenters. The van der Waals surface area contributed by atoms with Crippen molar-refractivity contribution in [3.05, 3.63) is 114 Å². The van der Waals surface area contributed by atoms with Gasteiger partial charge in [0.25, 0.3) is 0 Å². The normalized spacial score (nSPS) is 25.9. The van der Waals surface area contributed by atoms with Gasteiger partial charge in [0, 0.05) is 0 Å². The van der Waals surface area contributed by atoms with E-state index in [1.807, 2.05) is 7.11 Å². The summed E-state index contributed by atoms with van der Waals surface area (Å²) in [4.78, 5) is 3.02. The number of nitrogens with zero attached hydrogens (tertiary/aromatic N) is 1. The Morgan fingerprint density at radius 1 is 0.878 bits per heavy atom. The molecule has 3 nitrogen and oxygen atoms in total. The Morgan fingerprint density at radius 3 is 2.32 bits per heavy atom. The van der Waals surface area contributed by atoms with Crippen molar-refractivity contribution in [1.82, 2.24) is 4.90 Å². The van der Waals surface area contributed by atoms with Crippen molar-refractivity contribution in [3.8, 4) is 0 Å². The molecular weight excluding hydrogens is 569 g/mol. The maximum atomic E-state index is 7.27. The first-order valence-electron chi connectivity index (χ1n) is 15.1. The van der Waals surface area contributed by atoms with Gasteiger partial charge in [-0.05, 0) is 0 Å². The fourth-order valence-corrected chi connectivity index (χ4v) is 10.00. The van der Waals surface area contributed by atoms with Crippen molar-refractivity contribution in [2.45, 2.75) is 68.8 Å². The van der Waals surface area contributed by atoms with Crippen LogP contribution in [0.15, 0.2) is 103 Å². The van der Waals surface area contributed by atoms with Gasteiger partial charge in [-0.2, -0.15) is 0 Å². The summed E-state index contributed by atoms with van der Waals surface area (Å²) in [7, 11) is 1.88. The number of hydrogen-bond acceptors (Lipinski definition) is 3. The van der Waals surface area contributed by atoms with Crippen LogP contribution in [0.25, 0.3) is 10.8 Å². The minimum absolute atomic E-state index is 0.00414. The van der Waals surface area contributed by atoms with Gasteiger partial charge in [-0.3, -0.25) is 0 Å². The molecule has 1 saturated carbocycles. The van der Waals surface area contributed by atoms with Crippen molar-refractivity contribution in [2.75, 3.05) is 13.7 Å². The molecule has 6 rings (SSSR count). The molecule has 214 valence electrons. The van der Waals surface area contributed by atoms with E-state index in [0.29, 0.717) is 16.7 Å². The van der Waals surface area contributed by atoms with Gasteiger partial charge in [0.05, 0.1) is 0 Å². The van der Waals surface area contributed by atoms with E-state index in [4.69, 9.17) is 9.47 Å². The third-order valence-electron chi connectivity index (χ3n) is 9.50. The maximum absolute atomic E-state index is 7.27. The van der Waals surface area contributed by atoms with Gasteiger partial charge < -0.3 is 0 Å². The second kappa shape index (κ2) is 12.4. The molecule has 2 fully saturated rings. The predicted octanol–water partition coefficient (Wildman–Crippen LogP) is 7.96. The molecule has 4 aromatic rings. The Hall–Kier alpha value is -2.46. The summed E-state index contributed by atoms with van der Waals surface area (Å²) in [5, 5.41) is 2.56. The third-order valence-corrected chi connectivity index (χ3v) is 12.1. The molecule has 4 aromatic carbocycles. The van der Waals surface area contributed by atoms with Crippen molar-refractivity contribution < 1.29 is 9.47 Å². The fraction of sp³-hybridized carbons (Fsp3) is 0.405. The Morgan fingerprint density at radius 2 is 1.56 bits per heavy atom. The average Bonchev–Trinajstić information content (AvgIpc) is 2.99. The topological polar surface area (TPSA) is 21.7 Å². The van der Waals surface area contributed by atoms with Crippen LogP contribution in [0.5, 0.6) is 0 Å². The van der Waals surface area contributed by atoms with E-state index in [9.17, 15) is 0 Å². The number of rotatable bonds is 8. The number of fused-ring (bicyclic) bond motifs is 2. The average molecular weight is 613 g/mol. The summed E-state index contributed by atoms with van der Waals surface area (Å²) < 4.78 is 15.0. The molecule has 1 aliphatic heterocycles. The summed E-state index contributed by atoms with van der Waals surface area (Å²) >= 11 is 0.203. The molecule has 41 heavy (non-hydrogen) atoms. The Kier molecular flexibility index (Phi) is 8.67. The van der Waals surface area contributed by atoms with Crippen molar-refractivity contribution in [3.63, 3.8) is 0 Å². The predicted molar refractivity (Wildman–Crippen MR) is 171 cm³/mol. The van der Waals surface area contributed by atoms with E-state index in [-0.39, 0.29) is 38.9 Å². The van der Waals surface area contributed by atoms with E-state index < -0.39 is 0 Å². The second-order valence-corrected chi connectivity index (χ2v) is 15.2. The van der Waals surface area contributed by atoms with Crippen LogP contribution in [-0.4, -0.2) is 45.2 Å². The van der Waals surface area contributed by atoms with Crippen LogP contribution >= 0.6 is 0 Å². The van der Waals surface area contributed by atoms with Crippen LogP contribution in [0.4, 0.5) is 0 Å². The van der Waals surface area contributed by atoms with Gasteiger partial charge in [0.1, 0.15) is 0 Å². The summed E-state index contributed by atoms with van der Waals surface area (Å²) in [5.41, 5.74) is 2.51. The molecule has 6 atom stereocenters. The van der Waals surface area contributed by atoms with E-state index in [2.05, 4.69) is 129 Å². The standard InChI is InChI=1S/C37H43NO2Se/c1-26-22-23-32-33(24-26)40-36(31-21-13-17-27-14-11-12-20-30(27)31)38(37(32,2)3)25-34(41-29-18-9-6-10-19-29)35(39-4)28-15-7-5-8-16-28/h5-21,26,32-36H,22-25H2,1-4H3/t26-,32-,33-,34+,35-,36+/m1/s1. The molecule has 0 radical (unpaired) electrons. The van der Waals surface area contributed by atoms with Gasteiger partial charge in [-0.15, -0.1) is 0 Å². The first-order valence-corrected chi connectivity index (χ1v) is 17.0. The molecule has 4 heteroatoms. The van der Waals surface area contributed by atoms with Crippen LogP contribution in [0.2, 0.25) is 4.82 Å². The molecule has 0 spiro atoms. The van der Waals surface area contributed by atoms with E-state index in [1.54, 1.807) is 0 Å². The Balaban J connectivity index is 1.44. The van der Waals surface area contributed by atoms with Gasteiger partial charge in [0.15, 0.2) is 0 Å². The Labute approximate surface area is 252 Å². The molecule has 2 aliphatic rings. The van der Waals surface area contributed by atoms with Gasteiger partial charge >= 0.3 is 253 Å². The number of ether oxygens (including phenoxy) is 2. The molecule has 0 N–H and O–H groups in total. The first-order chi connectivity index (χ1) is 20.0. The molecule has 0 aromatic heterocycles. The zero-order valence-corrected chi connectivity index (χ0v) is 26.5. The fourth-order valence-electron chi connectivity index (χ4n) is 7.29. The van der Waals surface area contributed by atoms with Crippen molar-refractivity contribution in [1.29, 1.82) is 0 Å².